The monoisotopic (exact) mass is 268 g/mol. The molecule has 0 amide bonds. The topological polar surface area (TPSA) is 3.88 Å². The third kappa shape index (κ3) is 2.92. The van der Waals surface area contributed by atoms with Gasteiger partial charge in [-0.3, -0.25) is 0 Å². The van der Waals surface area contributed by atoms with Crippen LogP contribution in [0.1, 0.15) is 49.3 Å². The van der Waals surface area contributed by atoms with Gasteiger partial charge in [-0.15, -0.1) is 0 Å². The molecule has 0 N–H and O–H groups in total. The molecule has 0 aliphatic rings. The summed E-state index contributed by atoms with van der Waals surface area (Å²) in [6, 6.07) is 11.4. The molecule has 0 saturated heterocycles. The molecule has 0 unspecified atom stereocenters. The van der Waals surface area contributed by atoms with Gasteiger partial charge >= 0.3 is 0 Å². The molecule has 106 valence electrons. The fourth-order valence-electron chi connectivity index (χ4n) is 3.01. The van der Waals surface area contributed by atoms with Crippen LogP contribution in [-0.4, -0.2) is 0 Å². The van der Waals surface area contributed by atoms with Gasteiger partial charge in [-0.05, 0) is 55.9 Å². The maximum absolute atomic E-state index is 2.37. The minimum Gasteiger partial charge on any atom is -0.201 e. The molecule has 1 aromatic carbocycles. The number of aromatic nitrogens is 1. The summed E-state index contributed by atoms with van der Waals surface area (Å²) in [6.45, 7) is 8.91. The number of pyridine rings is 1. The molecular formula is C19H26N+. The second-order valence-corrected chi connectivity index (χ2v) is 5.79. The molecule has 0 radical (unpaired) electrons. The summed E-state index contributed by atoms with van der Waals surface area (Å²) >= 11 is 0. The predicted molar refractivity (Wildman–Crippen MR) is 85.9 cm³/mol. The number of hydrogen-bond donors (Lipinski definition) is 0. The van der Waals surface area contributed by atoms with Gasteiger partial charge in [-0.25, -0.2) is 4.57 Å². The lowest BCUT2D eigenvalue weighted by Crippen LogP contribution is -2.31. The summed E-state index contributed by atoms with van der Waals surface area (Å²) in [6.07, 6.45) is 4.62. The standard InChI is InChI=1S/C19H26N/c1-6-16(7-2)17-9-10-18(15(4)12-17)19-11-8-14(3)13-20(19)5/h8-13,16H,6-7H2,1-5H3/q+1. The average Bonchev–Trinajstić information content (AvgIpc) is 2.41. The number of rotatable bonds is 4. The molecule has 2 rings (SSSR count). The zero-order chi connectivity index (χ0) is 14.7. The minimum atomic E-state index is 0.689. The second-order valence-electron chi connectivity index (χ2n) is 5.79. The van der Waals surface area contributed by atoms with Gasteiger partial charge in [0.05, 0.1) is 0 Å². The molecule has 2 aromatic rings. The van der Waals surface area contributed by atoms with Gasteiger partial charge in [-0.2, -0.15) is 0 Å². The van der Waals surface area contributed by atoms with Crippen LogP contribution in [0.2, 0.25) is 0 Å². The number of nitrogens with zero attached hydrogens (tertiary/aromatic N) is 1. The maximum Gasteiger partial charge on any atom is 0.212 e. The van der Waals surface area contributed by atoms with Crippen LogP contribution in [0.25, 0.3) is 11.3 Å². The van der Waals surface area contributed by atoms with Gasteiger partial charge in [0, 0.05) is 17.2 Å². The van der Waals surface area contributed by atoms with Crippen LogP contribution < -0.4 is 4.57 Å². The normalized spacial score (nSPS) is 11.1. The van der Waals surface area contributed by atoms with Gasteiger partial charge in [-0.1, -0.05) is 26.0 Å². The maximum atomic E-state index is 2.37. The first kappa shape index (κ1) is 14.8. The molecule has 0 atom stereocenters. The minimum absolute atomic E-state index is 0.689. The first-order chi connectivity index (χ1) is 9.56. The predicted octanol–water partition coefficient (Wildman–Crippen LogP) is 4.70. The van der Waals surface area contributed by atoms with Crippen LogP contribution in [0.4, 0.5) is 0 Å². The summed E-state index contributed by atoms with van der Waals surface area (Å²) in [7, 11) is 2.12. The molecule has 1 aromatic heterocycles. The lowest BCUT2D eigenvalue weighted by Gasteiger charge is -2.15. The Kier molecular flexibility index (Phi) is 4.59. The van der Waals surface area contributed by atoms with Crippen molar-refractivity contribution in [1.29, 1.82) is 0 Å². The molecule has 0 spiro atoms. The molecule has 0 saturated carbocycles. The Morgan fingerprint density at radius 3 is 2.25 bits per heavy atom. The van der Waals surface area contributed by atoms with Crippen molar-refractivity contribution < 1.29 is 4.57 Å². The third-order valence-corrected chi connectivity index (χ3v) is 4.26. The van der Waals surface area contributed by atoms with Crippen molar-refractivity contribution in [3.05, 3.63) is 53.2 Å². The van der Waals surface area contributed by atoms with E-state index in [0.29, 0.717) is 5.92 Å². The fourth-order valence-corrected chi connectivity index (χ4v) is 3.01. The zero-order valence-corrected chi connectivity index (χ0v) is 13.4. The number of hydrogen-bond acceptors (Lipinski definition) is 0. The van der Waals surface area contributed by atoms with Crippen LogP contribution in [0.3, 0.4) is 0 Å². The van der Waals surface area contributed by atoms with Crippen LogP contribution >= 0.6 is 0 Å². The van der Waals surface area contributed by atoms with Crippen molar-refractivity contribution in [2.24, 2.45) is 7.05 Å². The summed E-state index contributed by atoms with van der Waals surface area (Å²) in [5.74, 6) is 0.689. The molecule has 0 bridgehead atoms. The quantitative estimate of drug-likeness (QED) is 0.708. The van der Waals surface area contributed by atoms with Gasteiger partial charge in [0.1, 0.15) is 7.05 Å². The molecule has 0 aliphatic carbocycles. The van der Waals surface area contributed by atoms with Crippen LogP contribution in [-0.2, 0) is 7.05 Å². The first-order valence-electron chi connectivity index (χ1n) is 7.64. The second kappa shape index (κ2) is 6.21. The summed E-state index contributed by atoms with van der Waals surface area (Å²) < 4.78 is 2.22. The molecule has 1 heterocycles. The van der Waals surface area contributed by atoms with E-state index >= 15 is 0 Å². The van der Waals surface area contributed by atoms with Crippen LogP contribution in [0, 0.1) is 13.8 Å². The smallest absolute Gasteiger partial charge is 0.201 e. The fraction of sp³-hybridized carbons (Fsp3) is 0.421. The zero-order valence-electron chi connectivity index (χ0n) is 13.4. The Morgan fingerprint density at radius 2 is 1.70 bits per heavy atom. The largest absolute Gasteiger partial charge is 0.212 e. The number of benzene rings is 1. The summed E-state index contributed by atoms with van der Waals surface area (Å²) in [5.41, 5.74) is 6.76. The van der Waals surface area contributed by atoms with E-state index in [-0.39, 0.29) is 0 Å². The molecule has 1 nitrogen and oxygen atoms in total. The van der Waals surface area contributed by atoms with Crippen LogP contribution in [0.5, 0.6) is 0 Å². The number of aryl methyl sites for hydroxylation is 3. The lowest BCUT2D eigenvalue weighted by molar-refractivity contribution is -0.660. The Bertz CT molecular complexity index is 595. The van der Waals surface area contributed by atoms with Crippen molar-refractivity contribution in [1.82, 2.24) is 0 Å². The van der Waals surface area contributed by atoms with E-state index in [0.717, 1.165) is 0 Å². The van der Waals surface area contributed by atoms with Gasteiger partial charge < -0.3 is 0 Å². The van der Waals surface area contributed by atoms with E-state index in [1.165, 1.54) is 40.8 Å². The van der Waals surface area contributed by atoms with Gasteiger partial charge in [0.25, 0.3) is 0 Å². The molecule has 20 heavy (non-hydrogen) atoms. The van der Waals surface area contributed by atoms with Crippen molar-refractivity contribution >= 4 is 0 Å². The summed E-state index contributed by atoms with van der Waals surface area (Å²) in [5, 5.41) is 0. The van der Waals surface area contributed by atoms with E-state index in [1.807, 2.05) is 0 Å². The van der Waals surface area contributed by atoms with E-state index < -0.39 is 0 Å². The van der Waals surface area contributed by atoms with Crippen LogP contribution in [0.15, 0.2) is 36.5 Å². The molecule has 0 aliphatic heterocycles. The van der Waals surface area contributed by atoms with Crippen molar-refractivity contribution in [3.63, 3.8) is 0 Å². The van der Waals surface area contributed by atoms with Crippen molar-refractivity contribution in [2.45, 2.75) is 46.5 Å². The van der Waals surface area contributed by atoms with E-state index in [2.05, 4.69) is 75.8 Å². The SMILES string of the molecule is CCC(CC)c1ccc(-c2ccc(C)c[n+]2C)c(C)c1. The Morgan fingerprint density at radius 1 is 1.00 bits per heavy atom. The third-order valence-electron chi connectivity index (χ3n) is 4.26. The molecule has 1 heteroatoms. The molecule has 0 fully saturated rings. The first-order valence-corrected chi connectivity index (χ1v) is 7.64. The highest BCUT2D eigenvalue weighted by Gasteiger charge is 2.14. The summed E-state index contributed by atoms with van der Waals surface area (Å²) in [4.78, 5) is 0. The highest BCUT2D eigenvalue weighted by Crippen LogP contribution is 2.28. The Labute approximate surface area is 123 Å². The van der Waals surface area contributed by atoms with Gasteiger partial charge in [0.15, 0.2) is 6.20 Å². The molecular weight excluding hydrogens is 242 g/mol. The highest BCUT2D eigenvalue weighted by atomic mass is 14.9. The average molecular weight is 268 g/mol. The van der Waals surface area contributed by atoms with Gasteiger partial charge in [0.2, 0.25) is 5.69 Å². The van der Waals surface area contributed by atoms with Crippen molar-refractivity contribution in [3.8, 4) is 11.3 Å². The van der Waals surface area contributed by atoms with Crippen molar-refractivity contribution in [2.75, 3.05) is 0 Å². The Hall–Kier alpha value is -1.63. The van der Waals surface area contributed by atoms with E-state index in [4.69, 9.17) is 0 Å². The van der Waals surface area contributed by atoms with E-state index in [1.54, 1.807) is 0 Å². The highest BCUT2D eigenvalue weighted by molar-refractivity contribution is 5.61. The lowest BCUT2D eigenvalue weighted by atomic mass is 9.90. The van der Waals surface area contributed by atoms with E-state index in [9.17, 15) is 0 Å². The Balaban J connectivity index is 2.44.